The van der Waals surface area contributed by atoms with Gasteiger partial charge in [0.15, 0.2) is 6.10 Å². The molecule has 0 spiro atoms. The number of nitro groups is 1. The first kappa shape index (κ1) is 18.2. The Balaban J connectivity index is 2.15. The molecule has 1 atom stereocenters. The van der Waals surface area contributed by atoms with E-state index < -0.39 is 28.9 Å². The predicted molar refractivity (Wildman–Crippen MR) is 87.4 cm³/mol. The first-order valence-electron chi connectivity index (χ1n) is 7.48. The number of esters is 1. The summed E-state index contributed by atoms with van der Waals surface area (Å²) in [5.74, 6) is -1.53. The Morgan fingerprint density at radius 2 is 2.08 bits per heavy atom. The van der Waals surface area contributed by atoms with Crippen molar-refractivity contribution in [3.63, 3.8) is 0 Å². The number of nitrogens with zero attached hydrogens (tertiary/aromatic N) is 3. The number of benzene rings is 1. The van der Waals surface area contributed by atoms with E-state index >= 15 is 0 Å². The summed E-state index contributed by atoms with van der Waals surface area (Å²) < 4.78 is 5.05. The van der Waals surface area contributed by atoms with E-state index in [4.69, 9.17) is 4.74 Å². The molecule has 0 bridgehead atoms. The van der Waals surface area contributed by atoms with Crippen LogP contribution in [0.4, 0.5) is 16.2 Å². The number of hydrogen-bond donors (Lipinski definition) is 1. The summed E-state index contributed by atoms with van der Waals surface area (Å²) in [5, 5.41) is 13.6. The molecule has 10 heteroatoms. The Morgan fingerprint density at radius 3 is 2.60 bits per heavy atom. The highest BCUT2D eigenvalue weighted by Gasteiger charge is 2.32. The summed E-state index contributed by atoms with van der Waals surface area (Å²) >= 11 is 0. The maximum Gasteiger partial charge on any atom is 0.339 e. The van der Waals surface area contributed by atoms with Crippen LogP contribution in [0.25, 0.3) is 0 Å². The number of ether oxygens (including phenoxy) is 1. The van der Waals surface area contributed by atoms with E-state index in [2.05, 4.69) is 5.32 Å². The Bertz CT molecular complexity index is 733. The number of hydrogen-bond acceptors (Lipinski definition) is 7. The lowest BCUT2D eigenvalue weighted by Crippen LogP contribution is -2.41. The molecule has 1 saturated heterocycles. The van der Waals surface area contributed by atoms with E-state index in [1.165, 1.54) is 19.1 Å². The van der Waals surface area contributed by atoms with Crippen LogP contribution >= 0.6 is 0 Å². The standard InChI is InChI=1S/C15H18N4O6/c1-9(13(20)18-7-6-16-15(18)22)25-14(21)10-4-5-11(17(2)3)12(8-10)19(23)24/h4-5,8-9H,6-7H2,1-3H3,(H,16,22). The van der Waals surface area contributed by atoms with Gasteiger partial charge in [-0.05, 0) is 19.1 Å². The maximum atomic E-state index is 12.2. The zero-order chi connectivity index (χ0) is 18.7. The van der Waals surface area contributed by atoms with Gasteiger partial charge in [0.1, 0.15) is 5.69 Å². The van der Waals surface area contributed by atoms with Crippen LogP contribution in [-0.2, 0) is 9.53 Å². The first-order valence-corrected chi connectivity index (χ1v) is 7.48. The van der Waals surface area contributed by atoms with Crippen molar-refractivity contribution in [3.8, 4) is 0 Å². The molecule has 1 aromatic rings. The number of amides is 3. The lowest BCUT2D eigenvalue weighted by Gasteiger charge is -2.18. The van der Waals surface area contributed by atoms with Crippen molar-refractivity contribution in [2.24, 2.45) is 0 Å². The van der Waals surface area contributed by atoms with E-state index in [-0.39, 0.29) is 17.8 Å². The van der Waals surface area contributed by atoms with Crippen molar-refractivity contribution in [3.05, 3.63) is 33.9 Å². The van der Waals surface area contributed by atoms with Crippen LogP contribution in [0, 0.1) is 10.1 Å². The molecule has 0 aliphatic carbocycles. The molecule has 3 amide bonds. The van der Waals surface area contributed by atoms with Gasteiger partial charge in [-0.2, -0.15) is 0 Å². The predicted octanol–water partition coefficient (Wildman–Crippen LogP) is 0.758. The minimum absolute atomic E-state index is 0.0529. The lowest BCUT2D eigenvalue weighted by atomic mass is 10.1. The van der Waals surface area contributed by atoms with Gasteiger partial charge in [0.2, 0.25) is 0 Å². The topological polar surface area (TPSA) is 122 Å². The normalized spacial score (nSPS) is 14.7. The van der Waals surface area contributed by atoms with E-state index in [1.807, 2.05) is 0 Å². The van der Waals surface area contributed by atoms with Crippen LogP contribution in [0.1, 0.15) is 17.3 Å². The van der Waals surface area contributed by atoms with Gasteiger partial charge >= 0.3 is 12.0 Å². The maximum absolute atomic E-state index is 12.2. The molecule has 1 aromatic carbocycles. The zero-order valence-electron chi connectivity index (χ0n) is 14.0. The number of carbonyl (C=O) groups excluding carboxylic acids is 3. The molecule has 0 saturated carbocycles. The molecule has 25 heavy (non-hydrogen) atoms. The summed E-state index contributed by atoms with van der Waals surface area (Å²) in [5.41, 5.74) is 0.0274. The molecule has 0 aromatic heterocycles. The number of nitrogens with one attached hydrogen (secondary N) is 1. The van der Waals surface area contributed by atoms with Crippen molar-refractivity contribution in [1.29, 1.82) is 0 Å². The van der Waals surface area contributed by atoms with Crippen molar-refractivity contribution in [2.75, 3.05) is 32.1 Å². The van der Waals surface area contributed by atoms with E-state index in [0.29, 0.717) is 12.2 Å². The van der Waals surface area contributed by atoms with Gasteiger partial charge in [-0.15, -0.1) is 0 Å². The Hall–Kier alpha value is -3.17. The Kier molecular flexibility index (Phi) is 5.20. The van der Waals surface area contributed by atoms with Crippen LogP contribution in [0.2, 0.25) is 0 Å². The molecule has 0 radical (unpaired) electrons. The molecule has 1 aliphatic heterocycles. The zero-order valence-corrected chi connectivity index (χ0v) is 14.0. The highest BCUT2D eigenvalue weighted by molar-refractivity contribution is 5.99. The third-order valence-corrected chi connectivity index (χ3v) is 3.64. The van der Waals surface area contributed by atoms with Gasteiger partial charge in [0.25, 0.3) is 11.6 Å². The second-order valence-electron chi connectivity index (χ2n) is 5.62. The summed E-state index contributed by atoms with van der Waals surface area (Å²) in [6.45, 7) is 1.88. The largest absolute Gasteiger partial charge is 0.449 e. The second kappa shape index (κ2) is 7.16. The molecule has 10 nitrogen and oxygen atoms in total. The van der Waals surface area contributed by atoms with Crippen LogP contribution in [0.3, 0.4) is 0 Å². The number of urea groups is 1. The van der Waals surface area contributed by atoms with Gasteiger partial charge in [0, 0.05) is 33.3 Å². The van der Waals surface area contributed by atoms with Gasteiger partial charge in [-0.3, -0.25) is 19.8 Å². The monoisotopic (exact) mass is 350 g/mol. The number of imide groups is 1. The van der Waals surface area contributed by atoms with Crippen LogP contribution < -0.4 is 10.2 Å². The molecular weight excluding hydrogens is 332 g/mol. The molecular formula is C15H18N4O6. The highest BCUT2D eigenvalue weighted by atomic mass is 16.6. The Morgan fingerprint density at radius 1 is 1.40 bits per heavy atom. The second-order valence-corrected chi connectivity index (χ2v) is 5.62. The van der Waals surface area contributed by atoms with Crippen molar-refractivity contribution >= 4 is 29.3 Å². The molecule has 1 aliphatic rings. The summed E-state index contributed by atoms with van der Waals surface area (Å²) in [6, 6.07) is 3.36. The average Bonchev–Trinajstić information content (AvgIpc) is 2.99. The van der Waals surface area contributed by atoms with Gasteiger partial charge in [0.05, 0.1) is 10.5 Å². The molecule has 1 N–H and O–H groups in total. The van der Waals surface area contributed by atoms with Crippen molar-refractivity contribution in [2.45, 2.75) is 13.0 Å². The van der Waals surface area contributed by atoms with Crippen LogP contribution in [0.15, 0.2) is 18.2 Å². The minimum atomic E-state index is -1.19. The number of anilines is 1. The summed E-state index contributed by atoms with van der Waals surface area (Å²) in [7, 11) is 3.28. The van der Waals surface area contributed by atoms with Crippen LogP contribution in [0.5, 0.6) is 0 Å². The fourth-order valence-corrected chi connectivity index (χ4v) is 2.36. The van der Waals surface area contributed by atoms with E-state index in [1.54, 1.807) is 19.0 Å². The van der Waals surface area contributed by atoms with Crippen molar-refractivity contribution in [1.82, 2.24) is 10.2 Å². The minimum Gasteiger partial charge on any atom is -0.449 e. The molecule has 1 unspecified atom stereocenters. The van der Waals surface area contributed by atoms with Gasteiger partial charge < -0.3 is 15.0 Å². The van der Waals surface area contributed by atoms with E-state index in [0.717, 1.165) is 11.0 Å². The third kappa shape index (κ3) is 3.84. The third-order valence-electron chi connectivity index (χ3n) is 3.64. The first-order chi connectivity index (χ1) is 11.7. The molecule has 134 valence electrons. The Labute approximate surface area is 143 Å². The number of rotatable bonds is 5. The number of carbonyl (C=O) groups is 3. The quantitative estimate of drug-likeness (QED) is 0.472. The van der Waals surface area contributed by atoms with Gasteiger partial charge in [-0.1, -0.05) is 0 Å². The number of nitro benzene ring substituents is 1. The summed E-state index contributed by atoms with van der Waals surface area (Å²) in [6.07, 6.45) is -1.19. The molecule has 1 heterocycles. The molecule has 1 fully saturated rings. The smallest absolute Gasteiger partial charge is 0.339 e. The van der Waals surface area contributed by atoms with E-state index in [9.17, 15) is 24.5 Å². The highest BCUT2D eigenvalue weighted by Crippen LogP contribution is 2.28. The summed E-state index contributed by atoms with van der Waals surface area (Å²) in [4.78, 5) is 48.8. The molecule has 2 rings (SSSR count). The van der Waals surface area contributed by atoms with Crippen molar-refractivity contribution < 1.29 is 24.0 Å². The fraction of sp³-hybridized carbons (Fsp3) is 0.400. The fourth-order valence-electron chi connectivity index (χ4n) is 2.36. The van der Waals surface area contributed by atoms with Gasteiger partial charge in [-0.25, -0.2) is 9.59 Å². The SMILES string of the molecule is CC(OC(=O)c1ccc(N(C)C)c([N+](=O)[O-])c1)C(=O)N1CCNC1=O. The lowest BCUT2D eigenvalue weighted by molar-refractivity contribution is -0.384. The van der Waals surface area contributed by atoms with Crippen LogP contribution in [-0.4, -0.2) is 61.0 Å². The average molecular weight is 350 g/mol.